The maximum atomic E-state index is 13.0. The fourth-order valence-electron chi connectivity index (χ4n) is 5.53. The Labute approximate surface area is 296 Å². The molecule has 7 rings (SSSR count). The van der Waals surface area contributed by atoms with Gasteiger partial charge in [0.15, 0.2) is 0 Å². The fourth-order valence-corrected chi connectivity index (χ4v) is 5.53. The van der Waals surface area contributed by atoms with Crippen LogP contribution >= 0.6 is 0 Å². The van der Waals surface area contributed by atoms with Crippen LogP contribution in [0.15, 0.2) is 79.0 Å². The topological polar surface area (TPSA) is 205 Å². The predicted octanol–water partition coefficient (Wildman–Crippen LogP) is 4.00. The molecule has 1 unspecified atom stereocenters. The average molecular weight is 712 g/mol. The maximum Gasteiger partial charge on any atom is 0.407 e. The third-order valence-corrected chi connectivity index (χ3v) is 8.06. The van der Waals surface area contributed by atoms with Crippen LogP contribution < -0.4 is 10.1 Å². The van der Waals surface area contributed by atoms with Gasteiger partial charge in [-0.3, -0.25) is 24.4 Å². The Hall–Kier alpha value is -6.39. The van der Waals surface area contributed by atoms with Crippen LogP contribution in [0, 0.1) is 0 Å². The number of likely N-dealkylation sites (tertiary alicyclic amines) is 1. The van der Waals surface area contributed by atoms with Crippen molar-refractivity contribution in [1.29, 1.82) is 0 Å². The number of benzene rings is 3. The predicted molar refractivity (Wildman–Crippen MR) is 181 cm³/mol. The number of rotatable bonds is 8. The van der Waals surface area contributed by atoms with Crippen LogP contribution in [0.2, 0.25) is 0 Å². The number of hydrogen-bond acceptors (Lipinski definition) is 12. The Kier molecular flexibility index (Phi) is 9.60. The number of carboxylic acid groups (broad SMARTS) is 1. The van der Waals surface area contributed by atoms with E-state index in [2.05, 4.69) is 10.3 Å². The minimum Gasteiger partial charge on any atom is -0.490 e. The lowest BCUT2D eigenvalue weighted by Crippen LogP contribution is -2.56. The number of esters is 1. The number of carbonyl (C=O) groups excluding carboxylic acids is 5. The number of pyridine rings is 1. The van der Waals surface area contributed by atoms with Gasteiger partial charge in [-0.25, -0.2) is 19.4 Å². The second-order valence-electron chi connectivity index (χ2n) is 12.9. The first kappa shape index (κ1) is 35.4. The maximum absolute atomic E-state index is 13.0. The number of anilines is 1. The molecular weight excluding hydrogens is 678 g/mol. The van der Waals surface area contributed by atoms with Crippen LogP contribution in [-0.2, 0) is 14.4 Å². The molecule has 1 aromatic heterocycles. The molecule has 16 nitrogen and oxygen atoms in total. The third kappa shape index (κ3) is 7.24. The first-order chi connectivity index (χ1) is 24.7. The van der Waals surface area contributed by atoms with Gasteiger partial charge in [-0.15, -0.1) is 10.1 Å². The first-order valence-electron chi connectivity index (χ1n) is 16.0. The van der Waals surface area contributed by atoms with Gasteiger partial charge in [0.25, 0.3) is 23.6 Å². The Morgan fingerprint density at radius 3 is 1.96 bits per heavy atom. The summed E-state index contributed by atoms with van der Waals surface area (Å²) in [7, 11) is 0. The standard InChI is InChI=1S/C28H28N4O8.C8H5NO3/c1-28(2,3)39-26(35)22(40-32-24(33)20-6-4-5-7-21(20)25(32)34)15-38-18-8-9-19-16(12-18)10-11-29-23(19)30-17-13-31(14-17)27(36)37;10-7-5-3-1-2-4-6(5)8(11)9(7)12/h4-12,17,22H,13-15H2,1-3H3,(H,29,30)(H,36,37);1-4,12H. The van der Waals surface area contributed by atoms with Crippen LogP contribution in [0.1, 0.15) is 62.2 Å². The zero-order chi connectivity index (χ0) is 37.3. The molecule has 0 spiro atoms. The summed E-state index contributed by atoms with van der Waals surface area (Å²) in [6.45, 7) is 5.47. The van der Waals surface area contributed by atoms with Crippen molar-refractivity contribution in [1.82, 2.24) is 20.0 Å². The SMILES string of the molecule is CC(C)(C)OC(=O)C(COc1ccc2c(NC3CN(C(=O)O)C3)nccc2c1)ON1C(=O)c2ccccc2C1=O.O=C1c2ccccc2C(=O)N1O. The Morgan fingerprint density at radius 2 is 1.42 bits per heavy atom. The minimum absolute atomic E-state index is 0.0426. The highest BCUT2D eigenvalue weighted by Gasteiger charge is 2.41. The lowest BCUT2D eigenvalue weighted by atomic mass is 10.1. The molecule has 0 saturated carbocycles. The van der Waals surface area contributed by atoms with Gasteiger partial charge < -0.3 is 24.8 Å². The molecule has 3 aliphatic rings. The second-order valence-corrected chi connectivity index (χ2v) is 12.9. The summed E-state index contributed by atoms with van der Waals surface area (Å²) in [4.78, 5) is 83.0. The molecule has 4 heterocycles. The van der Waals surface area contributed by atoms with E-state index in [0.717, 1.165) is 10.8 Å². The van der Waals surface area contributed by atoms with Gasteiger partial charge in [-0.1, -0.05) is 24.3 Å². The van der Waals surface area contributed by atoms with E-state index < -0.39 is 47.4 Å². The highest BCUT2D eigenvalue weighted by Crippen LogP contribution is 2.28. The second kappa shape index (κ2) is 14.1. The van der Waals surface area contributed by atoms with Crippen LogP contribution in [0.25, 0.3) is 10.8 Å². The van der Waals surface area contributed by atoms with Gasteiger partial charge in [0.1, 0.15) is 23.8 Å². The summed E-state index contributed by atoms with van der Waals surface area (Å²) < 4.78 is 11.3. The summed E-state index contributed by atoms with van der Waals surface area (Å²) in [5.74, 6) is -2.44. The molecule has 268 valence electrons. The summed E-state index contributed by atoms with van der Waals surface area (Å²) in [5, 5.41) is 23.5. The van der Waals surface area contributed by atoms with Crippen LogP contribution in [0.5, 0.6) is 5.75 Å². The van der Waals surface area contributed by atoms with E-state index in [1.165, 1.54) is 29.2 Å². The summed E-state index contributed by atoms with van der Waals surface area (Å²) in [6, 6.07) is 19.6. The van der Waals surface area contributed by atoms with Crippen molar-refractivity contribution in [2.45, 2.75) is 38.5 Å². The van der Waals surface area contributed by atoms with Gasteiger partial charge >= 0.3 is 12.1 Å². The lowest BCUT2D eigenvalue weighted by Gasteiger charge is -2.37. The number of imide groups is 2. The number of carbonyl (C=O) groups is 6. The van der Waals surface area contributed by atoms with E-state index in [-0.39, 0.29) is 40.0 Å². The van der Waals surface area contributed by atoms with Gasteiger partial charge in [-0.05, 0) is 74.7 Å². The summed E-state index contributed by atoms with van der Waals surface area (Å²) in [6.07, 6.45) is -0.748. The van der Waals surface area contributed by atoms with E-state index in [4.69, 9.17) is 24.6 Å². The van der Waals surface area contributed by atoms with E-state index in [1.54, 1.807) is 75.5 Å². The third-order valence-electron chi connectivity index (χ3n) is 8.06. The number of amides is 5. The molecule has 3 aromatic carbocycles. The number of nitrogens with zero attached hydrogens (tertiary/aromatic N) is 4. The molecule has 16 heteroatoms. The molecule has 1 atom stereocenters. The van der Waals surface area contributed by atoms with Crippen molar-refractivity contribution in [3.8, 4) is 5.75 Å². The van der Waals surface area contributed by atoms with Crippen LogP contribution in [-0.4, -0.2) is 103 Å². The zero-order valence-corrected chi connectivity index (χ0v) is 28.1. The molecule has 4 aromatic rings. The highest BCUT2D eigenvalue weighted by molar-refractivity contribution is 6.21. The van der Waals surface area contributed by atoms with Crippen LogP contribution in [0.4, 0.5) is 10.6 Å². The number of fused-ring (bicyclic) bond motifs is 3. The number of aromatic nitrogens is 1. The van der Waals surface area contributed by atoms with Crippen molar-refractivity contribution < 1.29 is 53.4 Å². The molecule has 3 N–H and O–H groups in total. The van der Waals surface area contributed by atoms with E-state index in [0.29, 0.717) is 29.7 Å². The van der Waals surface area contributed by atoms with Gasteiger partial charge in [0, 0.05) is 24.7 Å². The summed E-state index contributed by atoms with van der Waals surface area (Å²) >= 11 is 0. The van der Waals surface area contributed by atoms with Gasteiger partial charge in [0.2, 0.25) is 6.10 Å². The molecule has 3 aliphatic heterocycles. The lowest BCUT2D eigenvalue weighted by molar-refractivity contribution is -0.193. The normalized spacial score (nSPS) is 15.8. The average Bonchev–Trinajstić information content (AvgIpc) is 3.46. The highest BCUT2D eigenvalue weighted by atomic mass is 16.7. The zero-order valence-electron chi connectivity index (χ0n) is 28.1. The number of ether oxygens (including phenoxy) is 2. The molecule has 0 bridgehead atoms. The fraction of sp³-hybridized carbons (Fsp3) is 0.250. The van der Waals surface area contributed by atoms with E-state index >= 15 is 0 Å². The van der Waals surface area contributed by atoms with Gasteiger partial charge in [-0.2, -0.15) is 0 Å². The smallest absolute Gasteiger partial charge is 0.407 e. The monoisotopic (exact) mass is 711 g/mol. The van der Waals surface area contributed by atoms with Gasteiger partial charge in [0.05, 0.1) is 28.3 Å². The van der Waals surface area contributed by atoms with Crippen LogP contribution in [0.3, 0.4) is 0 Å². The van der Waals surface area contributed by atoms with Crippen molar-refractivity contribution in [2.24, 2.45) is 0 Å². The molecule has 1 fully saturated rings. The summed E-state index contributed by atoms with van der Waals surface area (Å²) in [5.41, 5.74) is 0.0278. The van der Waals surface area contributed by atoms with Crippen molar-refractivity contribution in [3.63, 3.8) is 0 Å². The number of nitrogens with one attached hydrogen (secondary N) is 1. The molecule has 1 saturated heterocycles. The Morgan fingerprint density at radius 1 is 0.865 bits per heavy atom. The first-order valence-corrected chi connectivity index (χ1v) is 16.0. The molecule has 5 amide bonds. The van der Waals surface area contributed by atoms with E-state index in [1.807, 2.05) is 0 Å². The number of hydroxylamine groups is 4. The quantitative estimate of drug-likeness (QED) is 0.134. The molecule has 0 aliphatic carbocycles. The largest absolute Gasteiger partial charge is 0.490 e. The molecule has 52 heavy (non-hydrogen) atoms. The van der Waals surface area contributed by atoms with Crippen molar-refractivity contribution in [2.75, 3.05) is 25.0 Å². The van der Waals surface area contributed by atoms with Crippen molar-refractivity contribution in [3.05, 3.63) is 101 Å². The number of hydrogen-bond donors (Lipinski definition) is 3. The Balaban J connectivity index is 0.000000325. The molecule has 0 radical (unpaired) electrons. The Bertz CT molecular complexity index is 2040. The van der Waals surface area contributed by atoms with Crippen molar-refractivity contribution >= 4 is 52.3 Å². The molecular formula is C36H33N5O11. The van der Waals surface area contributed by atoms with E-state index in [9.17, 15) is 28.8 Å². The minimum atomic E-state index is -1.41.